The van der Waals surface area contributed by atoms with Gasteiger partial charge in [0.1, 0.15) is 5.84 Å². The smallest absolute Gasteiger partial charge is 0.225 e. The van der Waals surface area contributed by atoms with Crippen molar-refractivity contribution in [3.8, 4) is 5.88 Å². The highest BCUT2D eigenvalue weighted by atomic mass is 16.5. The number of amidine groups is 1. The van der Waals surface area contributed by atoms with Gasteiger partial charge in [0, 0.05) is 5.69 Å². The highest BCUT2D eigenvalue weighted by molar-refractivity contribution is 5.97. The van der Waals surface area contributed by atoms with Gasteiger partial charge in [-0.25, -0.2) is 4.98 Å². The maximum Gasteiger partial charge on any atom is 0.225 e. The monoisotopic (exact) mass is 247 g/mol. The van der Waals surface area contributed by atoms with Crippen LogP contribution in [0.15, 0.2) is 6.07 Å². The van der Waals surface area contributed by atoms with Crippen LogP contribution >= 0.6 is 0 Å². The van der Waals surface area contributed by atoms with Crippen molar-refractivity contribution in [3.05, 3.63) is 22.9 Å². The van der Waals surface area contributed by atoms with Crippen molar-refractivity contribution in [2.45, 2.75) is 52.1 Å². The van der Waals surface area contributed by atoms with Gasteiger partial charge in [-0.15, -0.1) is 0 Å². The molecule has 0 aromatic carbocycles. The molecule has 0 amide bonds. The minimum atomic E-state index is 0.0379. The first kappa shape index (κ1) is 12.9. The molecule has 4 nitrogen and oxygen atoms in total. The summed E-state index contributed by atoms with van der Waals surface area (Å²) in [5.74, 6) is 0.569. The summed E-state index contributed by atoms with van der Waals surface area (Å²) >= 11 is 0. The van der Waals surface area contributed by atoms with Crippen molar-refractivity contribution in [3.63, 3.8) is 0 Å². The number of rotatable bonds is 5. The third-order valence-electron chi connectivity index (χ3n) is 3.31. The molecular formula is C14H21N3O. The lowest BCUT2D eigenvalue weighted by Gasteiger charge is -2.16. The van der Waals surface area contributed by atoms with Gasteiger partial charge in [-0.1, -0.05) is 13.3 Å². The van der Waals surface area contributed by atoms with Gasteiger partial charge in [0.15, 0.2) is 0 Å². The fourth-order valence-corrected chi connectivity index (χ4v) is 2.39. The Morgan fingerprint density at radius 3 is 3.00 bits per heavy atom. The minimum absolute atomic E-state index is 0.0379. The number of hydrogen-bond donors (Lipinski definition) is 2. The van der Waals surface area contributed by atoms with Crippen molar-refractivity contribution >= 4 is 5.84 Å². The third-order valence-corrected chi connectivity index (χ3v) is 3.31. The molecule has 1 unspecified atom stereocenters. The van der Waals surface area contributed by atoms with E-state index in [-0.39, 0.29) is 11.9 Å². The lowest BCUT2D eigenvalue weighted by Crippen LogP contribution is -2.19. The molecule has 0 radical (unpaired) electrons. The lowest BCUT2D eigenvalue weighted by molar-refractivity contribution is 0.200. The second kappa shape index (κ2) is 5.38. The molecule has 0 saturated carbocycles. The molecule has 0 spiro atoms. The van der Waals surface area contributed by atoms with Gasteiger partial charge in [-0.05, 0) is 44.2 Å². The van der Waals surface area contributed by atoms with E-state index in [2.05, 4.69) is 11.9 Å². The summed E-state index contributed by atoms with van der Waals surface area (Å²) < 4.78 is 5.84. The Hall–Kier alpha value is -1.58. The first-order chi connectivity index (χ1) is 8.61. The number of nitrogens with zero attached hydrogens (tertiary/aromatic N) is 1. The summed E-state index contributed by atoms with van der Waals surface area (Å²) in [6.07, 6.45) is 5.34. The molecule has 98 valence electrons. The Morgan fingerprint density at radius 1 is 1.56 bits per heavy atom. The summed E-state index contributed by atoms with van der Waals surface area (Å²) in [5, 5.41) is 7.64. The molecular weight excluding hydrogens is 226 g/mol. The van der Waals surface area contributed by atoms with Crippen molar-refractivity contribution in [2.24, 2.45) is 5.73 Å². The number of aromatic nitrogens is 1. The number of pyridine rings is 1. The van der Waals surface area contributed by atoms with Gasteiger partial charge in [-0.2, -0.15) is 0 Å². The Kier molecular flexibility index (Phi) is 3.84. The number of hydrogen-bond acceptors (Lipinski definition) is 3. The zero-order chi connectivity index (χ0) is 13.1. The van der Waals surface area contributed by atoms with Crippen LogP contribution in [0, 0.1) is 5.41 Å². The predicted octanol–water partition coefficient (Wildman–Crippen LogP) is 2.42. The molecule has 2 rings (SSSR count). The molecule has 0 bridgehead atoms. The van der Waals surface area contributed by atoms with Crippen LogP contribution in [-0.2, 0) is 12.8 Å². The van der Waals surface area contributed by atoms with E-state index in [1.165, 1.54) is 5.56 Å². The van der Waals surface area contributed by atoms with Crippen molar-refractivity contribution in [2.75, 3.05) is 0 Å². The van der Waals surface area contributed by atoms with Gasteiger partial charge >= 0.3 is 0 Å². The molecule has 0 fully saturated rings. The van der Waals surface area contributed by atoms with Crippen LogP contribution in [0.4, 0.5) is 0 Å². The molecule has 0 aliphatic heterocycles. The maximum absolute atomic E-state index is 7.64. The van der Waals surface area contributed by atoms with Gasteiger partial charge < -0.3 is 10.5 Å². The van der Waals surface area contributed by atoms with Crippen LogP contribution in [0.25, 0.3) is 0 Å². The number of ether oxygens (including phenoxy) is 1. The summed E-state index contributed by atoms with van der Waals surface area (Å²) in [6.45, 7) is 4.16. The van der Waals surface area contributed by atoms with Crippen LogP contribution in [0.1, 0.15) is 49.9 Å². The SMILES string of the molecule is CCCC(C)Oc1nc2c(cc1C(=N)N)CCC2. The molecule has 1 aliphatic carbocycles. The number of aryl methyl sites for hydroxylation is 2. The van der Waals surface area contributed by atoms with Crippen molar-refractivity contribution < 1.29 is 4.74 Å². The summed E-state index contributed by atoms with van der Waals surface area (Å²) in [6, 6.07) is 1.98. The quantitative estimate of drug-likeness (QED) is 0.620. The number of nitrogens with one attached hydrogen (secondary N) is 1. The van der Waals surface area contributed by atoms with Crippen LogP contribution < -0.4 is 10.5 Å². The highest BCUT2D eigenvalue weighted by Crippen LogP contribution is 2.27. The molecule has 1 heterocycles. The summed E-state index contributed by atoms with van der Waals surface area (Å²) in [5.41, 5.74) is 8.59. The first-order valence-electron chi connectivity index (χ1n) is 6.65. The first-order valence-corrected chi connectivity index (χ1v) is 6.65. The Balaban J connectivity index is 2.29. The zero-order valence-corrected chi connectivity index (χ0v) is 11.1. The largest absolute Gasteiger partial charge is 0.474 e. The van der Waals surface area contributed by atoms with Crippen LogP contribution in [0.3, 0.4) is 0 Å². The van der Waals surface area contributed by atoms with E-state index in [9.17, 15) is 0 Å². The molecule has 1 aromatic heterocycles. The van der Waals surface area contributed by atoms with Gasteiger partial charge in [-0.3, -0.25) is 5.41 Å². The standard InChI is InChI=1S/C14H21N3O/c1-3-5-9(2)18-14-11(13(15)16)8-10-6-4-7-12(10)17-14/h8-9H,3-7H2,1-2H3,(H3,15,16). The fourth-order valence-electron chi connectivity index (χ4n) is 2.39. The van der Waals surface area contributed by atoms with Crippen LogP contribution in [0.5, 0.6) is 5.88 Å². The van der Waals surface area contributed by atoms with E-state index in [0.29, 0.717) is 11.4 Å². The van der Waals surface area contributed by atoms with E-state index in [4.69, 9.17) is 15.9 Å². The number of fused-ring (bicyclic) bond motifs is 1. The second-order valence-electron chi connectivity index (χ2n) is 4.93. The summed E-state index contributed by atoms with van der Waals surface area (Å²) in [4.78, 5) is 4.55. The summed E-state index contributed by atoms with van der Waals surface area (Å²) in [7, 11) is 0. The topological polar surface area (TPSA) is 72.0 Å². The predicted molar refractivity (Wildman–Crippen MR) is 72.3 cm³/mol. The molecule has 4 heteroatoms. The average Bonchev–Trinajstić information content (AvgIpc) is 2.74. The Labute approximate surface area is 108 Å². The molecule has 1 aliphatic rings. The van der Waals surface area contributed by atoms with Crippen molar-refractivity contribution in [1.82, 2.24) is 4.98 Å². The van der Waals surface area contributed by atoms with Crippen LogP contribution in [-0.4, -0.2) is 16.9 Å². The Morgan fingerprint density at radius 2 is 2.33 bits per heavy atom. The average molecular weight is 247 g/mol. The molecule has 1 atom stereocenters. The van der Waals surface area contributed by atoms with E-state index in [1.54, 1.807) is 0 Å². The lowest BCUT2D eigenvalue weighted by atomic mass is 10.1. The van der Waals surface area contributed by atoms with E-state index >= 15 is 0 Å². The van der Waals surface area contributed by atoms with Gasteiger partial charge in [0.25, 0.3) is 0 Å². The highest BCUT2D eigenvalue weighted by Gasteiger charge is 2.19. The zero-order valence-electron chi connectivity index (χ0n) is 11.1. The second-order valence-corrected chi connectivity index (χ2v) is 4.93. The molecule has 3 N–H and O–H groups in total. The van der Waals surface area contributed by atoms with Crippen LogP contribution in [0.2, 0.25) is 0 Å². The van der Waals surface area contributed by atoms with Gasteiger partial charge in [0.05, 0.1) is 11.7 Å². The normalized spacial score (nSPS) is 15.2. The fraction of sp³-hybridized carbons (Fsp3) is 0.571. The molecule has 1 aromatic rings. The number of nitrogens with two attached hydrogens (primary N) is 1. The third kappa shape index (κ3) is 2.63. The maximum atomic E-state index is 7.64. The Bertz CT molecular complexity index is 457. The van der Waals surface area contributed by atoms with Gasteiger partial charge in [0.2, 0.25) is 5.88 Å². The van der Waals surface area contributed by atoms with E-state index in [0.717, 1.165) is 37.8 Å². The molecule has 0 saturated heterocycles. The van der Waals surface area contributed by atoms with E-state index in [1.807, 2.05) is 13.0 Å². The van der Waals surface area contributed by atoms with E-state index < -0.39 is 0 Å². The minimum Gasteiger partial charge on any atom is -0.474 e. The van der Waals surface area contributed by atoms with Crippen molar-refractivity contribution in [1.29, 1.82) is 5.41 Å². The molecule has 18 heavy (non-hydrogen) atoms. The number of nitrogen functional groups attached to an aromatic ring is 1.